The number of aryl methyl sites for hydroxylation is 1. The van der Waals surface area contributed by atoms with Gasteiger partial charge in [0, 0.05) is 13.2 Å². The first-order valence-corrected chi connectivity index (χ1v) is 2.93. The Balaban J connectivity index is 0.000000810. The second kappa shape index (κ2) is 4.12. The molecule has 1 N–H and O–H groups in total. The summed E-state index contributed by atoms with van der Waals surface area (Å²) in [4.78, 5) is 4.09. The van der Waals surface area contributed by atoms with Crippen LogP contribution in [0.1, 0.15) is 5.56 Å². The molecule has 0 amide bonds. The number of rotatable bonds is 1. The molecule has 3 heteroatoms. The fourth-order valence-corrected chi connectivity index (χ4v) is 0.616. The summed E-state index contributed by atoms with van der Waals surface area (Å²) in [5, 5.41) is 2.94. The van der Waals surface area contributed by atoms with Crippen LogP contribution >= 0.6 is 12.4 Å². The first kappa shape index (κ1) is 9.24. The van der Waals surface area contributed by atoms with Crippen molar-refractivity contribution in [2.75, 3.05) is 12.4 Å². The van der Waals surface area contributed by atoms with E-state index in [9.17, 15) is 0 Å². The average molecular weight is 159 g/mol. The molecule has 0 atom stereocenters. The van der Waals surface area contributed by atoms with Crippen molar-refractivity contribution in [2.45, 2.75) is 6.92 Å². The Labute approximate surface area is 67.1 Å². The maximum atomic E-state index is 4.09. The molecule has 0 fully saturated rings. The van der Waals surface area contributed by atoms with E-state index in [2.05, 4.69) is 10.3 Å². The lowest BCUT2D eigenvalue weighted by Crippen LogP contribution is -1.90. The van der Waals surface area contributed by atoms with Gasteiger partial charge in [0.1, 0.15) is 5.82 Å². The summed E-state index contributed by atoms with van der Waals surface area (Å²) in [6.07, 6.45) is 1.84. The minimum absolute atomic E-state index is 0. The zero-order valence-electron chi connectivity index (χ0n) is 6.09. The highest BCUT2D eigenvalue weighted by Crippen LogP contribution is 2.01. The maximum Gasteiger partial charge on any atom is 0.125 e. The summed E-state index contributed by atoms with van der Waals surface area (Å²) >= 11 is 0. The van der Waals surface area contributed by atoms with Gasteiger partial charge in [-0.05, 0) is 18.6 Å². The molecule has 0 aliphatic rings. The van der Waals surface area contributed by atoms with Crippen molar-refractivity contribution in [2.24, 2.45) is 0 Å². The second-order valence-electron chi connectivity index (χ2n) is 1.97. The molecule has 0 saturated carbocycles. The molecule has 1 rings (SSSR count). The zero-order chi connectivity index (χ0) is 6.69. The molecule has 0 bridgehead atoms. The number of nitrogens with one attached hydrogen (secondary N) is 1. The number of anilines is 1. The van der Waals surface area contributed by atoms with Gasteiger partial charge in [-0.25, -0.2) is 4.98 Å². The normalized spacial score (nSPS) is 8.20. The van der Waals surface area contributed by atoms with E-state index in [0.717, 1.165) is 5.82 Å². The SMILES string of the molecule is CNc1ccc(C)cn1.Cl. The summed E-state index contributed by atoms with van der Waals surface area (Å²) in [5.74, 6) is 0.917. The number of hydrogen-bond donors (Lipinski definition) is 1. The fourth-order valence-electron chi connectivity index (χ4n) is 0.616. The Bertz CT molecular complexity index is 183. The van der Waals surface area contributed by atoms with Crippen LogP contribution in [0, 0.1) is 6.92 Å². The lowest BCUT2D eigenvalue weighted by molar-refractivity contribution is 1.24. The predicted molar refractivity (Wildman–Crippen MR) is 45.8 cm³/mol. The van der Waals surface area contributed by atoms with Gasteiger partial charge >= 0.3 is 0 Å². The van der Waals surface area contributed by atoms with Crippen molar-refractivity contribution in [1.29, 1.82) is 0 Å². The number of hydrogen-bond acceptors (Lipinski definition) is 2. The topological polar surface area (TPSA) is 24.9 Å². The summed E-state index contributed by atoms with van der Waals surface area (Å²) < 4.78 is 0. The number of halogens is 1. The second-order valence-corrected chi connectivity index (χ2v) is 1.97. The summed E-state index contributed by atoms with van der Waals surface area (Å²) in [7, 11) is 1.86. The van der Waals surface area contributed by atoms with Crippen LogP contribution in [0.15, 0.2) is 18.3 Å². The number of pyridine rings is 1. The van der Waals surface area contributed by atoms with Crippen molar-refractivity contribution < 1.29 is 0 Å². The molecule has 56 valence electrons. The Morgan fingerprint density at radius 3 is 2.50 bits per heavy atom. The average Bonchev–Trinajstić information content (AvgIpc) is 1.90. The molecule has 0 radical (unpaired) electrons. The van der Waals surface area contributed by atoms with Gasteiger partial charge in [0.25, 0.3) is 0 Å². The molecule has 0 aromatic carbocycles. The van der Waals surface area contributed by atoms with Crippen molar-refractivity contribution in [3.8, 4) is 0 Å². The smallest absolute Gasteiger partial charge is 0.125 e. The first-order chi connectivity index (χ1) is 4.33. The minimum Gasteiger partial charge on any atom is -0.373 e. The van der Waals surface area contributed by atoms with Gasteiger partial charge in [0.2, 0.25) is 0 Å². The Morgan fingerprint density at radius 2 is 2.10 bits per heavy atom. The summed E-state index contributed by atoms with van der Waals surface area (Å²) in [6, 6.07) is 3.98. The third-order valence-corrected chi connectivity index (χ3v) is 1.17. The van der Waals surface area contributed by atoms with Crippen LogP contribution in [0.25, 0.3) is 0 Å². The van der Waals surface area contributed by atoms with Gasteiger partial charge in [0.05, 0.1) is 0 Å². The summed E-state index contributed by atoms with van der Waals surface area (Å²) in [6.45, 7) is 2.02. The van der Waals surface area contributed by atoms with Gasteiger partial charge in [0.15, 0.2) is 0 Å². The van der Waals surface area contributed by atoms with Crippen molar-refractivity contribution >= 4 is 18.2 Å². The first-order valence-electron chi connectivity index (χ1n) is 2.93. The van der Waals surface area contributed by atoms with Crippen molar-refractivity contribution in [3.63, 3.8) is 0 Å². The largest absolute Gasteiger partial charge is 0.373 e. The molecule has 0 spiro atoms. The zero-order valence-corrected chi connectivity index (χ0v) is 6.90. The lowest BCUT2D eigenvalue weighted by Gasteiger charge is -1.96. The number of aromatic nitrogens is 1. The highest BCUT2D eigenvalue weighted by molar-refractivity contribution is 5.85. The maximum absolute atomic E-state index is 4.09. The van der Waals surface area contributed by atoms with Crippen LogP contribution in [-0.4, -0.2) is 12.0 Å². The van der Waals surface area contributed by atoms with Crippen LogP contribution in [0.4, 0.5) is 5.82 Å². The Hall–Kier alpha value is -0.760. The van der Waals surface area contributed by atoms with E-state index in [4.69, 9.17) is 0 Å². The fraction of sp³-hybridized carbons (Fsp3) is 0.286. The van der Waals surface area contributed by atoms with Gasteiger partial charge in [-0.2, -0.15) is 0 Å². The predicted octanol–water partition coefficient (Wildman–Crippen LogP) is 1.85. The molecular weight excluding hydrogens is 148 g/mol. The number of nitrogens with zero attached hydrogens (tertiary/aromatic N) is 1. The van der Waals surface area contributed by atoms with Gasteiger partial charge < -0.3 is 5.32 Å². The molecule has 0 aliphatic carbocycles. The minimum atomic E-state index is 0. The molecule has 0 saturated heterocycles. The van der Waals surface area contributed by atoms with Crippen molar-refractivity contribution in [3.05, 3.63) is 23.9 Å². The van der Waals surface area contributed by atoms with Gasteiger partial charge in [-0.15, -0.1) is 12.4 Å². The quantitative estimate of drug-likeness (QED) is 0.675. The third-order valence-electron chi connectivity index (χ3n) is 1.17. The van der Waals surface area contributed by atoms with E-state index in [1.807, 2.05) is 32.3 Å². The Kier molecular flexibility index (Phi) is 3.81. The highest BCUT2D eigenvalue weighted by atomic mass is 35.5. The molecule has 1 heterocycles. The van der Waals surface area contributed by atoms with Crippen molar-refractivity contribution in [1.82, 2.24) is 4.98 Å². The van der Waals surface area contributed by atoms with E-state index in [0.29, 0.717) is 0 Å². The van der Waals surface area contributed by atoms with Crippen LogP contribution in [0.5, 0.6) is 0 Å². The lowest BCUT2D eigenvalue weighted by atomic mass is 10.3. The molecule has 0 unspecified atom stereocenters. The van der Waals surface area contributed by atoms with E-state index in [1.54, 1.807) is 0 Å². The highest BCUT2D eigenvalue weighted by Gasteiger charge is 1.85. The molecule has 1 aromatic heterocycles. The summed E-state index contributed by atoms with van der Waals surface area (Å²) in [5.41, 5.74) is 1.19. The molecule has 10 heavy (non-hydrogen) atoms. The van der Waals surface area contributed by atoms with E-state index in [-0.39, 0.29) is 12.4 Å². The van der Waals surface area contributed by atoms with Crippen LogP contribution in [0.3, 0.4) is 0 Å². The molecular formula is C7H11ClN2. The third kappa shape index (κ3) is 2.23. The van der Waals surface area contributed by atoms with E-state index in [1.165, 1.54) is 5.56 Å². The monoisotopic (exact) mass is 158 g/mol. The van der Waals surface area contributed by atoms with Gasteiger partial charge in [-0.1, -0.05) is 6.07 Å². The molecule has 0 aliphatic heterocycles. The van der Waals surface area contributed by atoms with Crippen LogP contribution in [0.2, 0.25) is 0 Å². The van der Waals surface area contributed by atoms with E-state index >= 15 is 0 Å². The molecule has 1 aromatic rings. The van der Waals surface area contributed by atoms with Crippen LogP contribution in [-0.2, 0) is 0 Å². The Morgan fingerprint density at radius 1 is 1.40 bits per heavy atom. The van der Waals surface area contributed by atoms with E-state index < -0.39 is 0 Å². The van der Waals surface area contributed by atoms with Crippen LogP contribution < -0.4 is 5.32 Å². The van der Waals surface area contributed by atoms with Gasteiger partial charge in [-0.3, -0.25) is 0 Å². The standard InChI is InChI=1S/C7H10N2.ClH/c1-6-3-4-7(8-2)9-5-6;/h3-5H,1-2H3,(H,8,9);1H. The molecule has 2 nitrogen and oxygen atoms in total.